The lowest BCUT2D eigenvalue weighted by molar-refractivity contribution is -0.124. The van der Waals surface area contributed by atoms with Gasteiger partial charge in [-0.1, -0.05) is 6.07 Å². The summed E-state index contributed by atoms with van der Waals surface area (Å²) in [5, 5.41) is 11.4. The van der Waals surface area contributed by atoms with Gasteiger partial charge < -0.3 is 15.2 Å². The molecule has 1 aromatic rings. The Labute approximate surface area is 87.9 Å². The van der Waals surface area contributed by atoms with Gasteiger partial charge in [0.1, 0.15) is 5.75 Å². The van der Waals surface area contributed by atoms with Gasteiger partial charge in [-0.05, 0) is 24.6 Å². The molecule has 1 heterocycles. The predicted molar refractivity (Wildman–Crippen MR) is 54.6 cm³/mol. The third kappa shape index (κ3) is 1.94. The van der Waals surface area contributed by atoms with Crippen molar-refractivity contribution in [1.29, 1.82) is 0 Å². The fourth-order valence-corrected chi connectivity index (χ4v) is 1.48. The van der Waals surface area contributed by atoms with Crippen LogP contribution in [-0.2, 0) is 4.79 Å². The molecule has 2 rings (SSSR count). The molecule has 0 spiro atoms. The number of ether oxygens (including phenoxy) is 1. The van der Waals surface area contributed by atoms with E-state index in [4.69, 9.17) is 16.8 Å². The molecule has 1 unspecified atom stereocenters. The van der Waals surface area contributed by atoms with Crippen LogP contribution in [0.2, 0.25) is 0 Å². The fourth-order valence-electron chi connectivity index (χ4n) is 1.48. The molecule has 1 aliphatic heterocycles. The molecule has 0 saturated carbocycles. The molecule has 2 N–H and O–H groups in total. The van der Waals surface area contributed by atoms with Crippen LogP contribution in [0.15, 0.2) is 18.2 Å². The molecule has 0 fully saturated rings. The zero-order chi connectivity index (χ0) is 10.8. The van der Waals surface area contributed by atoms with Crippen LogP contribution in [-0.4, -0.2) is 23.7 Å². The summed E-state index contributed by atoms with van der Waals surface area (Å²) in [6.07, 6.45) is -0.332. The third-order valence-electron chi connectivity index (χ3n) is 2.21. The van der Waals surface area contributed by atoms with Crippen LogP contribution in [0, 0.1) is 6.92 Å². The van der Waals surface area contributed by atoms with Crippen LogP contribution in [0.1, 0.15) is 12.0 Å². The first-order valence-corrected chi connectivity index (χ1v) is 4.68. The van der Waals surface area contributed by atoms with Gasteiger partial charge in [0.25, 0.3) is 5.91 Å². The Hall–Kier alpha value is -1.55. The van der Waals surface area contributed by atoms with Crippen LogP contribution in [0.5, 0.6) is 5.75 Å². The van der Waals surface area contributed by atoms with Gasteiger partial charge >= 0.3 is 0 Å². The number of carbonyl (C=O) groups is 1. The minimum Gasteiger partial charge on any atom is -0.478 e. The van der Waals surface area contributed by atoms with Crippen LogP contribution in [0.4, 0.5) is 5.69 Å². The smallest absolute Gasteiger partial charge is 0.265 e. The summed E-state index contributed by atoms with van der Waals surface area (Å²) < 4.78 is 5.41. The molecular formula is C11H11NO3. The number of fused-ring (bicyclic) bond motifs is 1. The van der Waals surface area contributed by atoms with Crippen molar-refractivity contribution in [3.63, 3.8) is 0 Å². The van der Waals surface area contributed by atoms with Gasteiger partial charge in [0.2, 0.25) is 0 Å². The van der Waals surface area contributed by atoms with Crippen LogP contribution in [0.25, 0.3) is 0 Å². The van der Waals surface area contributed by atoms with E-state index in [1.165, 1.54) is 0 Å². The summed E-state index contributed by atoms with van der Waals surface area (Å²) in [5.74, 6) is 0.337. The molecule has 2 radical (unpaired) electrons. The summed E-state index contributed by atoms with van der Waals surface area (Å²) >= 11 is 0. The Morgan fingerprint density at radius 1 is 1.53 bits per heavy atom. The number of nitrogens with one attached hydrogen (secondary N) is 1. The molecule has 0 aromatic heterocycles. The number of hydrogen-bond donors (Lipinski definition) is 2. The number of hydrogen-bond acceptors (Lipinski definition) is 3. The second kappa shape index (κ2) is 3.90. The Balaban J connectivity index is 2.26. The lowest BCUT2D eigenvalue weighted by Crippen LogP contribution is -2.37. The highest BCUT2D eigenvalue weighted by Crippen LogP contribution is 2.30. The fraction of sp³-hybridized carbons (Fsp3) is 0.273. The summed E-state index contributed by atoms with van der Waals surface area (Å²) in [4.78, 5) is 11.5. The van der Waals surface area contributed by atoms with E-state index in [0.717, 1.165) is 0 Å². The summed E-state index contributed by atoms with van der Waals surface area (Å²) in [7, 11) is 0. The summed E-state index contributed by atoms with van der Waals surface area (Å²) in [6.45, 7) is 5.49. The number of benzene rings is 1. The van der Waals surface area contributed by atoms with E-state index in [9.17, 15) is 4.79 Å². The van der Waals surface area contributed by atoms with Crippen LogP contribution < -0.4 is 10.1 Å². The minimum atomic E-state index is -0.619. The molecule has 1 aliphatic rings. The summed E-state index contributed by atoms with van der Waals surface area (Å²) in [5.41, 5.74) is 1.15. The van der Waals surface area contributed by atoms with E-state index in [1.807, 2.05) is 0 Å². The normalized spacial score (nSPS) is 19.1. The molecule has 1 atom stereocenters. The average molecular weight is 205 g/mol. The Kier molecular flexibility index (Phi) is 2.60. The predicted octanol–water partition coefficient (Wildman–Crippen LogP) is 0.828. The maximum absolute atomic E-state index is 11.5. The SMILES string of the molecule is [CH]c1ccc2c(c1)NC(=O)C(CCO)O2. The highest BCUT2D eigenvalue weighted by Gasteiger charge is 2.26. The van der Waals surface area contributed by atoms with Gasteiger partial charge in [-0.2, -0.15) is 0 Å². The zero-order valence-corrected chi connectivity index (χ0v) is 8.06. The van der Waals surface area contributed by atoms with Crippen molar-refractivity contribution in [2.24, 2.45) is 0 Å². The molecule has 0 aliphatic carbocycles. The first-order valence-electron chi connectivity index (χ1n) is 4.68. The van der Waals surface area contributed by atoms with Gasteiger partial charge in [-0.15, -0.1) is 0 Å². The molecule has 1 amide bonds. The number of amides is 1. The van der Waals surface area contributed by atoms with Crippen molar-refractivity contribution < 1.29 is 14.6 Å². The maximum atomic E-state index is 11.5. The molecule has 0 saturated heterocycles. The Morgan fingerprint density at radius 3 is 3.07 bits per heavy atom. The van der Waals surface area contributed by atoms with Crippen LogP contribution in [0.3, 0.4) is 0 Å². The Bertz CT molecular complexity index is 389. The van der Waals surface area contributed by atoms with Gasteiger partial charge in [-0.3, -0.25) is 4.79 Å². The molecule has 78 valence electrons. The molecule has 15 heavy (non-hydrogen) atoms. The van der Waals surface area contributed by atoms with Crippen molar-refractivity contribution >= 4 is 11.6 Å². The topological polar surface area (TPSA) is 58.6 Å². The number of rotatable bonds is 2. The maximum Gasteiger partial charge on any atom is 0.265 e. The third-order valence-corrected chi connectivity index (χ3v) is 2.21. The first-order chi connectivity index (χ1) is 7.20. The number of carbonyl (C=O) groups excluding carboxylic acids is 1. The quantitative estimate of drug-likeness (QED) is 0.751. The first kappa shape index (κ1) is 9.98. The molecule has 4 heteroatoms. The standard InChI is InChI=1S/C11H11NO3/c1-7-2-3-9-8(6-7)12-11(14)10(15-9)4-5-13/h1-3,6,10,13H,4-5H2,(H,12,14). The van der Waals surface area contributed by atoms with Crippen molar-refractivity contribution in [3.05, 3.63) is 30.7 Å². The van der Waals surface area contributed by atoms with Crippen molar-refractivity contribution in [2.75, 3.05) is 11.9 Å². The lowest BCUT2D eigenvalue weighted by atomic mass is 10.1. The van der Waals surface area contributed by atoms with Gasteiger partial charge in [0.15, 0.2) is 6.10 Å². The molecule has 0 bridgehead atoms. The van der Waals surface area contributed by atoms with E-state index in [0.29, 0.717) is 17.0 Å². The van der Waals surface area contributed by atoms with Gasteiger partial charge in [0, 0.05) is 13.0 Å². The number of aliphatic hydroxyl groups excluding tert-OH is 1. The molecule has 1 aromatic carbocycles. The number of aliphatic hydroxyl groups is 1. The Morgan fingerprint density at radius 2 is 2.33 bits per heavy atom. The van der Waals surface area contributed by atoms with Crippen LogP contribution >= 0.6 is 0 Å². The second-order valence-electron chi connectivity index (χ2n) is 3.36. The molecule has 4 nitrogen and oxygen atoms in total. The highest BCUT2D eigenvalue weighted by molar-refractivity contribution is 5.97. The minimum absolute atomic E-state index is 0.0810. The number of anilines is 1. The van der Waals surface area contributed by atoms with E-state index < -0.39 is 6.10 Å². The van der Waals surface area contributed by atoms with E-state index in [1.54, 1.807) is 18.2 Å². The lowest BCUT2D eigenvalue weighted by Gasteiger charge is -2.25. The van der Waals surface area contributed by atoms with Crippen molar-refractivity contribution in [2.45, 2.75) is 12.5 Å². The highest BCUT2D eigenvalue weighted by atomic mass is 16.5. The molecular weight excluding hydrogens is 194 g/mol. The van der Waals surface area contributed by atoms with Gasteiger partial charge in [0.05, 0.1) is 5.69 Å². The van der Waals surface area contributed by atoms with E-state index in [-0.39, 0.29) is 18.9 Å². The van der Waals surface area contributed by atoms with Gasteiger partial charge in [-0.25, -0.2) is 0 Å². The van der Waals surface area contributed by atoms with E-state index in [2.05, 4.69) is 5.32 Å². The largest absolute Gasteiger partial charge is 0.478 e. The zero-order valence-electron chi connectivity index (χ0n) is 8.06. The monoisotopic (exact) mass is 205 g/mol. The van der Waals surface area contributed by atoms with Crippen molar-refractivity contribution in [1.82, 2.24) is 0 Å². The van der Waals surface area contributed by atoms with Crippen molar-refractivity contribution in [3.8, 4) is 5.75 Å². The second-order valence-corrected chi connectivity index (χ2v) is 3.36. The summed E-state index contributed by atoms with van der Waals surface area (Å²) in [6, 6.07) is 5.04. The average Bonchev–Trinajstić information content (AvgIpc) is 2.20. The van der Waals surface area contributed by atoms with E-state index >= 15 is 0 Å².